The molecule has 0 aliphatic carbocycles. The molecule has 0 atom stereocenters. The van der Waals surface area contributed by atoms with E-state index in [2.05, 4.69) is 20.0 Å². The molecular weight excluding hydrogens is 490 g/mol. The van der Waals surface area contributed by atoms with E-state index in [9.17, 15) is 21.6 Å². The summed E-state index contributed by atoms with van der Waals surface area (Å²) < 4.78 is 53.1. The zero-order chi connectivity index (χ0) is 25.8. The summed E-state index contributed by atoms with van der Waals surface area (Å²) >= 11 is 0. The zero-order valence-electron chi connectivity index (χ0n) is 19.8. The molecule has 12 heteroatoms. The standard InChI is InChI=1S/C23H27N5O5S2/c1-16(2)18-5-9-20(10-6-18)28(34(4,30)31)15-22(29)26-19-7-11-21(12-8-19)35(32,33)27-23-24-14-13-17(3)25-23/h5-14,16H,15H2,1-4H3,(H,26,29)(H,24,25,27). The van der Waals surface area contributed by atoms with Crippen molar-refractivity contribution < 1.29 is 21.6 Å². The van der Waals surface area contributed by atoms with E-state index in [1.165, 1.54) is 30.5 Å². The van der Waals surface area contributed by atoms with Crippen LogP contribution >= 0.6 is 0 Å². The van der Waals surface area contributed by atoms with Gasteiger partial charge in [0.25, 0.3) is 10.0 Å². The molecule has 35 heavy (non-hydrogen) atoms. The van der Waals surface area contributed by atoms with Crippen molar-refractivity contribution in [3.8, 4) is 0 Å². The summed E-state index contributed by atoms with van der Waals surface area (Å²) in [7, 11) is -7.66. The predicted molar refractivity (Wildman–Crippen MR) is 135 cm³/mol. The molecule has 0 saturated carbocycles. The first-order valence-corrected chi connectivity index (χ1v) is 14.0. The lowest BCUT2D eigenvalue weighted by Crippen LogP contribution is -2.37. The summed E-state index contributed by atoms with van der Waals surface area (Å²) in [6, 6.07) is 14.1. The van der Waals surface area contributed by atoms with Gasteiger partial charge in [0.05, 0.1) is 16.8 Å². The fourth-order valence-electron chi connectivity index (χ4n) is 3.15. The van der Waals surface area contributed by atoms with E-state index in [-0.39, 0.29) is 16.8 Å². The molecule has 1 aromatic heterocycles. The third kappa shape index (κ3) is 6.99. The second-order valence-corrected chi connectivity index (χ2v) is 11.8. The largest absolute Gasteiger partial charge is 0.325 e. The monoisotopic (exact) mass is 517 g/mol. The van der Waals surface area contributed by atoms with Crippen LogP contribution in [0.15, 0.2) is 65.7 Å². The lowest BCUT2D eigenvalue weighted by atomic mass is 10.0. The number of hydrogen-bond acceptors (Lipinski definition) is 7. The summed E-state index contributed by atoms with van der Waals surface area (Å²) in [5.74, 6) is -0.347. The minimum Gasteiger partial charge on any atom is -0.325 e. The fourth-order valence-corrected chi connectivity index (χ4v) is 4.96. The highest BCUT2D eigenvalue weighted by molar-refractivity contribution is 7.92. The van der Waals surface area contributed by atoms with Gasteiger partial charge in [-0.2, -0.15) is 0 Å². The van der Waals surface area contributed by atoms with Crippen LogP contribution in [0.4, 0.5) is 17.3 Å². The number of anilines is 3. The Kier molecular flexibility index (Phi) is 7.76. The highest BCUT2D eigenvalue weighted by atomic mass is 32.2. The zero-order valence-corrected chi connectivity index (χ0v) is 21.4. The van der Waals surface area contributed by atoms with Crippen LogP contribution in [0.3, 0.4) is 0 Å². The summed E-state index contributed by atoms with van der Waals surface area (Å²) in [6.45, 7) is 5.33. The highest BCUT2D eigenvalue weighted by Gasteiger charge is 2.21. The van der Waals surface area contributed by atoms with Crippen molar-refractivity contribution in [2.45, 2.75) is 31.6 Å². The molecule has 0 spiro atoms. The maximum Gasteiger partial charge on any atom is 0.264 e. The van der Waals surface area contributed by atoms with Gasteiger partial charge in [-0.25, -0.2) is 31.5 Å². The highest BCUT2D eigenvalue weighted by Crippen LogP contribution is 2.22. The molecule has 0 saturated heterocycles. The van der Waals surface area contributed by atoms with Gasteiger partial charge in [-0.05, 0) is 60.9 Å². The van der Waals surface area contributed by atoms with Gasteiger partial charge >= 0.3 is 0 Å². The number of nitrogens with one attached hydrogen (secondary N) is 2. The molecule has 186 valence electrons. The van der Waals surface area contributed by atoms with Gasteiger partial charge in [-0.1, -0.05) is 26.0 Å². The molecule has 3 aromatic rings. The van der Waals surface area contributed by atoms with Gasteiger partial charge in [0, 0.05) is 17.6 Å². The molecule has 2 aromatic carbocycles. The molecule has 0 radical (unpaired) electrons. The molecular formula is C23H27N5O5S2. The van der Waals surface area contributed by atoms with Crippen molar-refractivity contribution in [3.63, 3.8) is 0 Å². The number of aryl methyl sites for hydroxylation is 1. The smallest absolute Gasteiger partial charge is 0.264 e. The summed E-state index contributed by atoms with van der Waals surface area (Å²) in [5, 5.41) is 2.59. The van der Waals surface area contributed by atoms with Crippen LogP contribution in [0.2, 0.25) is 0 Å². The number of sulfonamides is 2. The maximum atomic E-state index is 12.6. The SMILES string of the molecule is Cc1ccnc(NS(=O)(=O)c2ccc(NC(=O)CN(c3ccc(C(C)C)cc3)S(C)(=O)=O)cc2)n1. The van der Waals surface area contributed by atoms with E-state index >= 15 is 0 Å². The molecule has 3 rings (SSSR count). The Bertz CT molecular complexity index is 1410. The number of carbonyl (C=O) groups excluding carboxylic acids is 1. The van der Waals surface area contributed by atoms with Crippen molar-refractivity contribution >= 4 is 43.3 Å². The predicted octanol–water partition coefficient (Wildman–Crippen LogP) is 3.11. The quantitative estimate of drug-likeness (QED) is 0.445. The first-order chi connectivity index (χ1) is 16.3. The van der Waals surface area contributed by atoms with E-state index in [1.54, 1.807) is 25.1 Å². The van der Waals surface area contributed by atoms with Crippen LogP contribution < -0.4 is 14.3 Å². The number of hydrogen-bond donors (Lipinski definition) is 2. The molecule has 10 nitrogen and oxygen atoms in total. The molecule has 1 heterocycles. The van der Waals surface area contributed by atoms with Crippen molar-refractivity contribution in [1.82, 2.24) is 9.97 Å². The number of carbonyl (C=O) groups is 1. The van der Waals surface area contributed by atoms with Crippen LogP contribution in [0.25, 0.3) is 0 Å². The first kappa shape index (κ1) is 26.1. The van der Waals surface area contributed by atoms with Crippen LogP contribution in [0.5, 0.6) is 0 Å². The third-order valence-corrected chi connectivity index (χ3v) is 7.49. The number of benzene rings is 2. The first-order valence-electron chi connectivity index (χ1n) is 10.7. The minimum atomic E-state index is -3.93. The van der Waals surface area contributed by atoms with Gasteiger partial charge in [0.2, 0.25) is 21.9 Å². The van der Waals surface area contributed by atoms with Gasteiger partial charge in [-0.15, -0.1) is 0 Å². The van der Waals surface area contributed by atoms with Crippen molar-refractivity contribution in [1.29, 1.82) is 0 Å². The van der Waals surface area contributed by atoms with E-state index in [0.717, 1.165) is 16.1 Å². The normalized spacial score (nSPS) is 11.8. The Balaban J connectivity index is 1.70. The molecule has 1 amide bonds. The number of nitrogens with zero attached hydrogens (tertiary/aromatic N) is 3. The van der Waals surface area contributed by atoms with Crippen molar-refractivity contribution in [2.24, 2.45) is 0 Å². The number of amides is 1. The Labute approximate surface area is 205 Å². The molecule has 0 bridgehead atoms. The van der Waals surface area contributed by atoms with Gasteiger partial charge in [0.15, 0.2) is 0 Å². The maximum absolute atomic E-state index is 12.6. The average molecular weight is 518 g/mol. The Morgan fingerprint density at radius 2 is 1.60 bits per heavy atom. The number of rotatable bonds is 9. The van der Waals surface area contributed by atoms with E-state index in [4.69, 9.17) is 0 Å². The van der Waals surface area contributed by atoms with Crippen LogP contribution in [-0.4, -0.2) is 45.5 Å². The van der Waals surface area contributed by atoms with Crippen molar-refractivity contribution in [2.75, 3.05) is 27.1 Å². The summed E-state index contributed by atoms with van der Waals surface area (Å²) in [4.78, 5) is 20.5. The molecule has 0 unspecified atom stereocenters. The molecule has 2 N–H and O–H groups in total. The van der Waals surface area contributed by atoms with E-state index in [0.29, 0.717) is 17.1 Å². The van der Waals surface area contributed by atoms with Gasteiger partial charge < -0.3 is 5.32 Å². The second kappa shape index (κ2) is 10.4. The van der Waals surface area contributed by atoms with Gasteiger partial charge in [-0.3, -0.25) is 9.10 Å². The topological polar surface area (TPSA) is 138 Å². The summed E-state index contributed by atoms with van der Waals surface area (Å²) in [6.07, 6.45) is 2.47. The van der Waals surface area contributed by atoms with Crippen LogP contribution in [0, 0.1) is 6.92 Å². The van der Waals surface area contributed by atoms with Crippen molar-refractivity contribution in [3.05, 3.63) is 72.1 Å². The van der Waals surface area contributed by atoms with E-state index < -0.39 is 32.5 Å². The third-order valence-electron chi connectivity index (χ3n) is 5.00. The Hall–Kier alpha value is -3.51. The van der Waals surface area contributed by atoms with Crippen LogP contribution in [-0.2, 0) is 24.8 Å². The number of aromatic nitrogens is 2. The lowest BCUT2D eigenvalue weighted by Gasteiger charge is -2.22. The lowest BCUT2D eigenvalue weighted by molar-refractivity contribution is -0.114. The minimum absolute atomic E-state index is 0.0512. The van der Waals surface area contributed by atoms with Crippen LogP contribution in [0.1, 0.15) is 31.0 Å². The molecule has 0 aliphatic heterocycles. The molecule has 0 fully saturated rings. The fraction of sp³-hybridized carbons (Fsp3) is 0.261. The van der Waals surface area contributed by atoms with E-state index in [1.807, 2.05) is 26.0 Å². The average Bonchev–Trinajstić information content (AvgIpc) is 2.77. The summed E-state index contributed by atoms with van der Waals surface area (Å²) in [5.41, 5.74) is 2.34. The Morgan fingerprint density at radius 1 is 0.971 bits per heavy atom. The molecule has 0 aliphatic rings. The van der Waals surface area contributed by atoms with Gasteiger partial charge in [0.1, 0.15) is 6.54 Å². The second-order valence-electron chi connectivity index (χ2n) is 8.22. The Morgan fingerprint density at radius 3 is 2.14 bits per heavy atom.